The number of halogens is 1. The maximum absolute atomic E-state index is 12.9. The molecule has 186 valence electrons. The van der Waals surface area contributed by atoms with Crippen LogP contribution in [0.15, 0.2) is 30.3 Å². The Kier molecular flexibility index (Phi) is 9.09. The van der Waals surface area contributed by atoms with Crippen molar-refractivity contribution in [3.8, 4) is 17.2 Å². The van der Waals surface area contributed by atoms with Gasteiger partial charge in [0.2, 0.25) is 5.91 Å². The molecule has 0 aromatic heterocycles. The normalized spacial score (nSPS) is 17.4. The first kappa shape index (κ1) is 26.2. The summed E-state index contributed by atoms with van der Waals surface area (Å²) in [6.07, 6.45) is 5.60. The Labute approximate surface area is 209 Å². The Morgan fingerprint density at radius 1 is 0.941 bits per heavy atom. The average Bonchev–Trinajstić information content (AvgIpc) is 2.99. The van der Waals surface area contributed by atoms with Crippen LogP contribution in [0.5, 0.6) is 17.2 Å². The number of methoxy groups -OCH3 is 3. The monoisotopic (exact) mass is 488 g/mol. The molecule has 0 N–H and O–H groups in total. The summed E-state index contributed by atoms with van der Waals surface area (Å²) >= 11 is 0. The lowest BCUT2D eigenvalue weighted by molar-refractivity contribution is -0.130. The van der Waals surface area contributed by atoms with Crippen molar-refractivity contribution in [3.63, 3.8) is 0 Å². The molecule has 0 radical (unpaired) electrons. The lowest BCUT2D eigenvalue weighted by Crippen LogP contribution is -2.39. The Morgan fingerprint density at radius 2 is 1.65 bits per heavy atom. The number of nitrogens with zero attached hydrogens (tertiary/aromatic N) is 2. The van der Waals surface area contributed by atoms with Crippen molar-refractivity contribution in [2.24, 2.45) is 0 Å². The van der Waals surface area contributed by atoms with Crippen molar-refractivity contribution in [2.75, 3.05) is 48.0 Å². The number of hydrogen-bond acceptors (Lipinski definition) is 5. The molecular weight excluding hydrogens is 452 g/mol. The lowest BCUT2D eigenvalue weighted by atomic mass is 9.87. The first-order chi connectivity index (χ1) is 16.0. The SMILES string of the molecule is COc1ccc2c(c1)CCC(N(C)CCCN1CCc3cc(OC)c(OC)cc3CC1=O)C2.Cl. The summed E-state index contributed by atoms with van der Waals surface area (Å²) in [7, 11) is 7.23. The van der Waals surface area contributed by atoms with Crippen LogP contribution < -0.4 is 14.2 Å². The molecule has 2 aromatic rings. The lowest BCUT2D eigenvalue weighted by Gasteiger charge is -2.33. The van der Waals surface area contributed by atoms with Crippen molar-refractivity contribution in [1.29, 1.82) is 0 Å². The highest BCUT2D eigenvalue weighted by atomic mass is 35.5. The summed E-state index contributed by atoms with van der Waals surface area (Å²) in [5, 5.41) is 0. The minimum absolute atomic E-state index is 0. The van der Waals surface area contributed by atoms with Crippen LogP contribution in [-0.2, 0) is 30.5 Å². The minimum Gasteiger partial charge on any atom is -0.497 e. The number of fused-ring (bicyclic) bond motifs is 2. The van der Waals surface area contributed by atoms with E-state index in [-0.39, 0.29) is 18.3 Å². The molecule has 1 amide bonds. The van der Waals surface area contributed by atoms with E-state index in [2.05, 4.69) is 30.1 Å². The molecule has 4 rings (SSSR count). The first-order valence-electron chi connectivity index (χ1n) is 11.9. The fraction of sp³-hybridized carbons (Fsp3) is 0.519. The number of benzene rings is 2. The molecule has 1 aliphatic carbocycles. The van der Waals surface area contributed by atoms with Gasteiger partial charge in [0.05, 0.1) is 27.8 Å². The molecule has 7 heteroatoms. The fourth-order valence-electron chi connectivity index (χ4n) is 5.16. The van der Waals surface area contributed by atoms with Crippen LogP contribution in [0, 0.1) is 0 Å². The molecule has 2 aliphatic rings. The zero-order chi connectivity index (χ0) is 23.4. The third-order valence-corrected chi connectivity index (χ3v) is 7.23. The Balaban J connectivity index is 0.00000324. The Bertz CT molecular complexity index is 997. The van der Waals surface area contributed by atoms with Crippen molar-refractivity contribution < 1.29 is 19.0 Å². The molecule has 1 unspecified atom stereocenters. The highest BCUT2D eigenvalue weighted by Gasteiger charge is 2.24. The summed E-state index contributed by atoms with van der Waals surface area (Å²) in [4.78, 5) is 17.4. The van der Waals surface area contributed by atoms with E-state index in [0.717, 1.165) is 68.8 Å². The quantitative estimate of drug-likeness (QED) is 0.563. The number of hydrogen-bond donors (Lipinski definition) is 0. The van der Waals surface area contributed by atoms with E-state index in [4.69, 9.17) is 14.2 Å². The third kappa shape index (κ3) is 5.78. The molecule has 6 nitrogen and oxygen atoms in total. The highest BCUT2D eigenvalue weighted by Crippen LogP contribution is 2.32. The summed E-state index contributed by atoms with van der Waals surface area (Å²) < 4.78 is 16.2. The third-order valence-electron chi connectivity index (χ3n) is 7.23. The van der Waals surface area contributed by atoms with Crippen LogP contribution in [-0.4, -0.2) is 69.8 Å². The molecule has 1 heterocycles. The maximum atomic E-state index is 12.9. The van der Waals surface area contributed by atoms with Crippen molar-refractivity contribution in [3.05, 3.63) is 52.6 Å². The number of carbonyl (C=O) groups is 1. The van der Waals surface area contributed by atoms with Gasteiger partial charge in [-0.3, -0.25) is 4.79 Å². The van der Waals surface area contributed by atoms with Crippen LogP contribution in [0.4, 0.5) is 0 Å². The summed E-state index contributed by atoms with van der Waals surface area (Å²) in [6.45, 7) is 2.55. The molecular formula is C27H37ClN2O4. The molecule has 0 spiro atoms. The van der Waals surface area contributed by atoms with Gasteiger partial charge in [-0.05, 0) is 92.2 Å². The van der Waals surface area contributed by atoms with E-state index in [1.807, 2.05) is 17.0 Å². The van der Waals surface area contributed by atoms with Gasteiger partial charge in [-0.1, -0.05) is 6.07 Å². The fourth-order valence-corrected chi connectivity index (χ4v) is 5.16. The number of likely N-dealkylation sites (N-methyl/N-ethyl adjacent to an activating group) is 1. The molecule has 0 bridgehead atoms. The molecule has 0 saturated heterocycles. The number of carbonyl (C=O) groups excluding carboxylic acids is 1. The van der Waals surface area contributed by atoms with Gasteiger partial charge in [0.15, 0.2) is 11.5 Å². The van der Waals surface area contributed by atoms with Crippen LogP contribution in [0.25, 0.3) is 0 Å². The predicted molar refractivity (Wildman–Crippen MR) is 137 cm³/mol. The highest BCUT2D eigenvalue weighted by molar-refractivity contribution is 5.85. The summed E-state index contributed by atoms with van der Waals surface area (Å²) in [6, 6.07) is 11.0. The molecule has 0 fully saturated rings. The second kappa shape index (κ2) is 11.8. The zero-order valence-electron chi connectivity index (χ0n) is 20.8. The largest absolute Gasteiger partial charge is 0.497 e. The molecule has 34 heavy (non-hydrogen) atoms. The van der Waals surface area contributed by atoms with Gasteiger partial charge in [0.25, 0.3) is 0 Å². The van der Waals surface area contributed by atoms with E-state index in [1.54, 1.807) is 21.3 Å². The molecule has 2 aromatic carbocycles. The van der Waals surface area contributed by atoms with E-state index < -0.39 is 0 Å². The second-order valence-electron chi connectivity index (χ2n) is 9.15. The molecule has 1 atom stereocenters. The van der Waals surface area contributed by atoms with E-state index in [1.165, 1.54) is 16.7 Å². The van der Waals surface area contributed by atoms with Crippen LogP contribution in [0.3, 0.4) is 0 Å². The second-order valence-corrected chi connectivity index (χ2v) is 9.15. The van der Waals surface area contributed by atoms with E-state index in [9.17, 15) is 4.79 Å². The van der Waals surface area contributed by atoms with Crippen molar-refractivity contribution in [1.82, 2.24) is 9.80 Å². The average molecular weight is 489 g/mol. The number of aryl methyl sites for hydroxylation is 1. The first-order valence-corrected chi connectivity index (χ1v) is 11.9. The number of ether oxygens (including phenoxy) is 3. The van der Waals surface area contributed by atoms with Crippen molar-refractivity contribution >= 4 is 18.3 Å². The van der Waals surface area contributed by atoms with Gasteiger partial charge in [-0.2, -0.15) is 0 Å². The van der Waals surface area contributed by atoms with Gasteiger partial charge in [0.1, 0.15) is 5.75 Å². The van der Waals surface area contributed by atoms with Crippen LogP contribution in [0.2, 0.25) is 0 Å². The minimum atomic E-state index is 0. The summed E-state index contributed by atoms with van der Waals surface area (Å²) in [5.74, 6) is 2.56. The standard InChI is InChI=1S/C27H36N2O4.ClH/c1-28(23-8-6-20-15-24(31-2)9-7-19(20)14-23)11-5-12-29-13-10-21-16-25(32-3)26(33-4)17-22(21)18-27(29)30;/h7,9,15-17,23H,5-6,8,10-14,18H2,1-4H3;1H. The molecule has 0 saturated carbocycles. The van der Waals surface area contributed by atoms with E-state index >= 15 is 0 Å². The Morgan fingerprint density at radius 3 is 2.35 bits per heavy atom. The van der Waals surface area contributed by atoms with Gasteiger partial charge in [-0.15, -0.1) is 12.4 Å². The maximum Gasteiger partial charge on any atom is 0.227 e. The van der Waals surface area contributed by atoms with Crippen LogP contribution >= 0.6 is 12.4 Å². The van der Waals surface area contributed by atoms with E-state index in [0.29, 0.717) is 18.2 Å². The number of amides is 1. The predicted octanol–water partition coefficient (Wildman–Crippen LogP) is 3.94. The van der Waals surface area contributed by atoms with Gasteiger partial charge in [0, 0.05) is 19.1 Å². The topological polar surface area (TPSA) is 51.2 Å². The number of rotatable bonds is 8. The van der Waals surface area contributed by atoms with Gasteiger partial charge < -0.3 is 24.0 Å². The van der Waals surface area contributed by atoms with Gasteiger partial charge >= 0.3 is 0 Å². The smallest absolute Gasteiger partial charge is 0.227 e. The summed E-state index contributed by atoms with van der Waals surface area (Å²) in [5.41, 5.74) is 5.08. The van der Waals surface area contributed by atoms with Crippen molar-refractivity contribution in [2.45, 2.75) is 44.6 Å². The van der Waals surface area contributed by atoms with Gasteiger partial charge in [-0.25, -0.2) is 0 Å². The Hall–Kier alpha value is -2.44. The van der Waals surface area contributed by atoms with Crippen LogP contribution in [0.1, 0.15) is 35.1 Å². The zero-order valence-corrected chi connectivity index (χ0v) is 21.6. The molecule has 1 aliphatic heterocycles.